The Bertz CT molecular complexity index is 955. The maximum Gasteiger partial charge on any atom is 0.321 e. The molecule has 0 spiro atoms. The summed E-state index contributed by atoms with van der Waals surface area (Å²) >= 11 is 0. The molecule has 25 heavy (non-hydrogen) atoms. The molecule has 2 amide bonds. The maximum absolute atomic E-state index is 11.9. The van der Waals surface area contributed by atoms with Crippen LogP contribution in [0.1, 0.15) is 12.6 Å². The van der Waals surface area contributed by atoms with Gasteiger partial charge in [-0.3, -0.25) is 5.32 Å². The van der Waals surface area contributed by atoms with Crippen molar-refractivity contribution in [1.29, 1.82) is 0 Å². The van der Waals surface area contributed by atoms with Crippen LogP contribution in [0, 0.1) is 0 Å². The van der Waals surface area contributed by atoms with Crippen LogP contribution in [0.3, 0.4) is 0 Å². The summed E-state index contributed by atoms with van der Waals surface area (Å²) in [7, 11) is -2.16. The topological polar surface area (TPSA) is 105 Å². The van der Waals surface area contributed by atoms with Crippen LogP contribution in [-0.4, -0.2) is 45.4 Å². The minimum atomic E-state index is -2.16. The van der Waals surface area contributed by atoms with Gasteiger partial charge >= 0.3 is 6.03 Å². The third-order valence-corrected chi connectivity index (χ3v) is 4.60. The fourth-order valence-electron chi connectivity index (χ4n) is 2.51. The van der Waals surface area contributed by atoms with Gasteiger partial charge in [-0.25, -0.2) is 14.8 Å². The number of imidazole rings is 2. The summed E-state index contributed by atoms with van der Waals surface area (Å²) in [6.45, 7) is 5.90. The van der Waals surface area contributed by atoms with Crippen LogP contribution < -0.4 is 10.6 Å². The van der Waals surface area contributed by atoms with Crippen LogP contribution >= 0.6 is 7.14 Å². The Morgan fingerprint density at radius 1 is 1.36 bits per heavy atom. The van der Waals surface area contributed by atoms with Crippen molar-refractivity contribution < 1.29 is 9.36 Å². The first-order chi connectivity index (χ1) is 11.8. The van der Waals surface area contributed by atoms with E-state index in [4.69, 9.17) is 0 Å². The van der Waals surface area contributed by atoms with Gasteiger partial charge in [0.2, 0.25) is 5.95 Å². The molecular formula is C16H21N6O2P. The summed E-state index contributed by atoms with van der Waals surface area (Å²) in [5, 5.41) is 5.31. The third kappa shape index (κ3) is 4.28. The Morgan fingerprint density at radius 3 is 2.88 bits per heavy atom. The lowest BCUT2D eigenvalue weighted by Crippen LogP contribution is -2.28. The molecule has 8 nitrogen and oxygen atoms in total. The van der Waals surface area contributed by atoms with E-state index in [9.17, 15) is 9.36 Å². The molecule has 2 aromatic heterocycles. The van der Waals surface area contributed by atoms with Crippen molar-refractivity contribution in [2.45, 2.75) is 13.1 Å². The lowest BCUT2D eigenvalue weighted by molar-refractivity contribution is 0.252. The Kier molecular flexibility index (Phi) is 4.63. The van der Waals surface area contributed by atoms with E-state index in [2.05, 4.69) is 25.6 Å². The fourth-order valence-corrected chi connectivity index (χ4v) is 3.45. The summed E-state index contributed by atoms with van der Waals surface area (Å²) in [5.74, 6) is 0.391. The molecule has 0 saturated carbocycles. The minimum absolute atomic E-state index is 0.301. The van der Waals surface area contributed by atoms with Gasteiger partial charge < -0.3 is 19.4 Å². The van der Waals surface area contributed by atoms with Crippen LogP contribution in [0.15, 0.2) is 30.7 Å². The molecule has 0 unspecified atom stereocenters. The number of H-pyrrole nitrogens is 1. The molecule has 0 aliphatic heterocycles. The molecule has 2 heterocycles. The lowest BCUT2D eigenvalue weighted by atomic mass is 10.3. The molecular weight excluding hydrogens is 339 g/mol. The highest BCUT2D eigenvalue weighted by atomic mass is 31.2. The maximum atomic E-state index is 11.9. The van der Waals surface area contributed by atoms with Crippen LogP contribution in [0.2, 0.25) is 0 Å². The lowest BCUT2D eigenvalue weighted by Gasteiger charge is -2.03. The van der Waals surface area contributed by atoms with Crippen molar-refractivity contribution in [2.75, 3.05) is 25.2 Å². The monoisotopic (exact) mass is 360 g/mol. The Balaban J connectivity index is 1.83. The molecule has 3 rings (SSSR count). The Labute approximate surface area is 145 Å². The number of nitrogens with one attached hydrogen (secondary N) is 3. The van der Waals surface area contributed by atoms with E-state index in [0.29, 0.717) is 18.7 Å². The number of aromatic nitrogens is 4. The van der Waals surface area contributed by atoms with E-state index in [1.807, 2.05) is 35.9 Å². The zero-order valence-electron chi connectivity index (χ0n) is 14.4. The first-order valence-corrected chi connectivity index (χ1v) is 10.7. The quantitative estimate of drug-likeness (QED) is 0.608. The van der Waals surface area contributed by atoms with E-state index in [1.165, 1.54) is 0 Å². The van der Waals surface area contributed by atoms with Crippen LogP contribution in [-0.2, 0) is 10.7 Å². The fraction of sp³-hybridized carbons (Fsp3) is 0.312. The molecule has 132 valence electrons. The highest BCUT2D eigenvalue weighted by molar-refractivity contribution is 7.61. The summed E-state index contributed by atoms with van der Waals surface area (Å²) in [5.41, 5.74) is 3.26. The van der Waals surface area contributed by atoms with E-state index >= 15 is 0 Å². The predicted molar refractivity (Wildman–Crippen MR) is 99.1 cm³/mol. The van der Waals surface area contributed by atoms with Gasteiger partial charge in [-0.1, -0.05) is 0 Å². The molecule has 1 aromatic carbocycles. The number of hydrogen-bond acceptors (Lipinski definition) is 4. The highest BCUT2D eigenvalue weighted by Gasteiger charge is 2.12. The number of aromatic amines is 1. The first-order valence-electron chi connectivity index (χ1n) is 7.96. The number of carbonyl (C=O) groups is 1. The number of benzene rings is 1. The van der Waals surface area contributed by atoms with Crippen LogP contribution in [0.5, 0.6) is 0 Å². The molecule has 3 aromatic rings. The highest BCUT2D eigenvalue weighted by Crippen LogP contribution is 2.39. The molecule has 9 heteroatoms. The third-order valence-electron chi connectivity index (χ3n) is 3.51. The predicted octanol–water partition coefficient (Wildman–Crippen LogP) is 3.01. The zero-order valence-corrected chi connectivity index (χ0v) is 15.3. The second-order valence-electron chi connectivity index (χ2n) is 6.28. The first kappa shape index (κ1) is 17.2. The van der Waals surface area contributed by atoms with Gasteiger partial charge in [0.1, 0.15) is 0 Å². The molecule has 0 aliphatic rings. The van der Waals surface area contributed by atoms with E-state index < -0.39 is 7.14 Å². The average Bonchev–Trinajstić information content (AvgIpc) is 3.10. The summed E-state index contributed by atoms with van der Waals surface area (Å²) in [6, 6.07) is 5.41. The standard InChI is InChI=1S/C16H21N6O2P/c1-4-17-16(23)21-15-19-13-6-5-12(7-14(13)20-15)22-8-11(18-10-22)9-25(2,3)24/h5-8,10H,4,9H2,1-3H3,(H3,17,19,20,21,23). The molecule has 3 N–H and O–H groups in total. The van der Waals surface area contributed by atoms with Gasteiger partial charge in [0, 0.05) is 24.6 Å². The van der Waals surface area contributed by atoms with Crippen LogP contribution in [0.25, 0.3) is 16.7 Å². The molecule has 0 radical (unpaired) electrons. The van der Waals surface area contributed by atoms with E-state index in [-0.39, 0.29) is 6.03 Å². The number of nitrogens with zero attached hydrogens (tertiary/aromatic N) is 3. The largest absolute Gasteiger partial charge is 0.338 e. The zero-order chi connectivity index (χ0) is 18.0. The van der Waals surface area contributed by atoms with Gasteiger partial charge in [-0.05, 0) is 38.5 Å². The van der Waals surface area contributed by atoms with Crippen molar-refractivity contribution in [3.05, 3.63) is 36.4 Å². The number of hydrogen-bond donors (Lipinski definition) is 3. The van der Waals surface area contributed by atoms with E-state index in [1.54, 1.807) is 19.7 Å². The number of rotatable bonds is 5. The van der Waals surface area contributed by atoms with Crippen molar-refractivity contribution in [3.8, 4) is 5.69 Å². The molecule has 0 atom stereocenters. The van der Waals surface area contributed by atoms with Crippen molar-refractivity contribution in [2.24, 2.45) is 0 Å². The second kappa shape index (κ2) is 6.72. The van der Waals surface area contributed by atoms with Gasteiger partial charge in [-0.2, -0.15) is 0 Å². The second-order valence-corrected chi connectivity index (χ2v) is 9.74. The van der Waals surface area contributed by atoms with Crippen molar-refractivity contribution in [3.63, 3.8) is 0 Å². The van der Waals surface area contributed by atoms with Crippen molar-refractivity contribution in [1.82, 2.24) is 24.8 Å². The number of fused-ring (bicyclic) bond motifs is 1. The summed E-state index contributed by atoms with van der Waals surface area (Å²) in [6.07, 6.45) is 4.06. The molecule has 0 saturated heterocycles. The van der Waals surface area contributed by atoms with E-state index in [0.717, 1.165) is 22.4 Å². The molecule has 0 bridgehead atoms. The molecule has 0 fully saturated rings. The smallest absolute Gasteiger partial charge is 0.321 e. The minimum Gasteiger partial charge on any atom is -0.338 e. The Morgan fingerprint density at radius 2 is 2.16 bits per heavy atom. The number of amides is 2. The number of carbonyl (C=O) groups excluding carboxylic acids is 1. The molecule has 0 aliphatic carbocycles. The average molecular weight is 360 g/mol. The SMILES string of the molecule is CCNC(=O)Nc1nc2ccc(-n3cnc(CP(C)(C)=O)c3)cc2[nH]1. The van der Waals surface area contributed by atoms with Gasteiger partial charge in [0.05, 0.1) is 30.2 Å². The number of anilines is 1. The normalized spacial score (nSPS) is 11.6. The Hall–Kier alpha value is -2.60. The van der Waals surface area contributed by atoms with Gasteiger partial charge in [-0.15, -0.1) is 0 Å². The van der Waals surface area contributed by atoms with Gasteiger partial charge in [0.15, 0.2) is 0 Å². The summed E-state index contributed by atoms with van der Waals surface area (Å²) < 4.78 is 13.8. The van der Waals surface area contributed by atoms with Crippen molar-refractivity contribution >= 4 is 30.2 Å². The summed E-state index contributed by atoms with van der Waals surface area (Å²) in [4.78, 5) is 23.3. The van der Waals surface area contributed by atoms with Gasteiger partial charge in [0.25, 0.3) is 0 Å². The number of urea groups is 1. The van der Waals surface area contributed by atoms with Crippen LogP contribution in [0.4, 0.5) is 10.7 Å².